The number of thiophene rings is 2. The Kier molecular flexibility index (Phi) is 4.69. The van der Waals surface area contributed by atoms with Crippen LogP contribution in [0.2, 0.25) is 0 Å². The quantitative estimate of drug-likeness (QED) is 0.490. The first-order chi connectivity index (χ1) is 14.2. The van der Waals surface area contributed by atoms with Crippen molar-refractivity contribution in [2.75, 3.05) is 6.54 Å². The van der Waals surface area contributed by atoms with Gasteiger partial charge in [-0.25, -0.2) is 0 Å². The SMILES string of the molecule is O=C(c1ccc(Cn2ccccc2=O)o1)N1CCc2sccc2C1c1cccs1. The van der Waals surface area contributed by atoms with Gasteiger partial charge in [0, 0.05) is 28.6 Å². The van der Waals surface area contributed by atoms with Gasteiger partial charge in [-0.2, -0.15) is 0 Å². The van der Waals surface area contributed by atoms with E-state index in [4.69, 9.17) is 4.42 Å². The average Bonchev–Trinajstić information content (AvgIpc) is 3.50. The first-order valence-electron chi connectivity index (χ1n) is 9.35. The van der Waals surface area contributed by atoms with E-state index >= 15 is 0 Å². The molecule has 0 saturated carbocycles. The summed E-state index contributed by atoms with van der Waals surface area (Å²) in [7, 11) is 0. The van der Waals surface area contributed by atoms with Gasteiger partial charge in [-0.05, 0) is 53.1 Å². The number of rotatable bonds is 4. The van der Waals surface area contributed by atoms with Crippen molar-refractivity contribution in [3.63, 3.8) is 0 Å². The van der Waals surface area contributed by atoms with Crippen LogP contribution in [0.5, 0.6) is 0 Å². The molecule has 1 aliphatic heterocycles. The van der Waals surface area contributed by atoms with E-state index < -0.39 is 0 Å². The van der Waals surface area contributed by atoms with Crippen molar-refractivity contribution in [1.29, 1.82) is 0 Å². The molecule has 146 valence electrons. The van der Waals surface area contributed by atoms with E-state index in [0.29, 0.717) is 24.6 Å². The summed E-state index contributed by atoms with van der Waals surface area (Å²) >= 11 is 3.42. The van der Waals surface area contributed by atoms with Gasteiger partial charge in [-0.1, -0.05) is 12.1 Å². The molecule has 5 heterocycles. The number of amides is 1. The number of carbonyl (C=O) groups excluding carboxylic acids is 1. The molecule has 1 atom stereocenters. The van der Waals surface area contributed by atoms with Crippen LogP contribution in [0.4, 0.5) is 0 Å². The van der Waals surface area contributed by atoms with Crippen LogP contribution in [0.3, 0.4) is 0 Å². The summed E-state index contributed by atoms with van der Waals surface area (Å²) in [6.07, 6.45) is 2.56. The molecule has 0 fully saturated rings. The monoisotopic (exact) mass is 422 g/mol. The number of carbonyl (C=O) groups is 1. The minimum absolute atomic E-state index is 0.0807. The normalized spacial score (nSPS) is 16.0. The highest BCUT2D eigenvalue weighted by atomic mass is 32.1. The van der Waals surface area contributed by atoms with Crippen molar-refractivity contribution >= 4 is 28.6 Å². The molecule has 0 spiro atoms. The van der Waals surface area contributed by atoms with Crippen molar-refractivity contribution in [3.05, 3.63) is 103 Å². The third-order valence-corrected chi connectivity index (χ3v) is 7.06. The maximum Gasteiger partial charge on any atom is 0.290 e. The zero-order valence-electron chi connectivity index (χ0n) is 15.5. The van der Waals surface area contributed by atoms with Crippen LogP contribution < -0.4 is 5.56 Å². The Hall–Kier alpha value is -2.90. The number of pyridine rings is 1. The molecule has 0 aliphatic carbocycles. The molecule has 4 aromatic heterocycles. The molecular formula is C22H18N2O3S2. The molecule has 5 nitrogen and oxygen atoms in total. The Morgan fingerprint density at radius 3 is 2.83 bits per heavy atom. The minimum atomic E-state index is -0.119. The highest BCUT2D eigenvalue weighted by molar-refractivity contribution is 7.10. The summed E-state index contributed by atoms with van der Waals surface area (Å²) in [4.78, 5) is 29.7. The highest BCUT2D eigenvalue weighted by Crippen LogP contribution is 2.40. The topological polar surface area (TPSA) is 55.5 Å². The van der Waals surface area contributed by atoms with E-state index in [1.807, 2.05) is 16.3 Å². The third-order valence-electron chi connectivity index (χ3n) is 5.14. The molecule has 29 heavy (non-hydrogen) atoms. The number of hydrogen-bond donors (Lipinski definition) is 0. The number of nitrogens with zero attached hydrogens (tertiary/aromatic N) is 2. The Balaban J connectivity index is 1.44. The smallest absolute Gasteiger partial charge is 0.290 e. The van der Waals surface area contributed by atoms with Gasteiger partial charge in [-0.3, -0.25) is 9.59 Å². The van der Waals surface area contributed by atoms with Crippen LogP contribution in [-0.2, 0) is 13.0 Å². The molecule has 0 bridgehead atoms. The van der Waals surface area contributed by atoms with E-state index in [1.165, 1.54) is 16.5 Å². The summed E-state index contributed by atoms with van der Waals surface area (Å²) in [6.45, 7) is 0.957. The van der Waals surface area contributed by atoms with Gasteiger partial charge in [0.1, 0.15) is 5.76 Å². The molecule has 0 N–H and O–H groups in total. The Bertz CT molecular complexity index is 1200. The third kappa shape index (κ3) is 3.36. The van der Waals surface area contributed by atoms with E-state index in [-0.39, 0.29) is 17.5 Å². The Morgan fingerprint density at radius 2 is 2.00 bits per heavy atom. The molecule has 1 aliphatic rings. The van der Waals surface area contributed by atoms with Gasteiger partial charge in [0.15, 0.2) is 5.76 Å². The molecule has 7 heteroatoms. The molecule has 0 aromatic carbocycles. The van der Waals surface area contributed by atoms with Crippen LogP contribution in [-0.4, -0.2) is 21.9 Å². The predicted molar refractivity (Wildman–Crippen MR) is 114 cm³/mol. The molecule has 0 saturated heterocycles. The zero-order valence-corrected chi connectivity index (χ0v) is 17.1. The molecule has 5 rings (SSSR count). The van der Waals surface area contributed by atoms with E-state index in [1.54, 1.807) is 57.7 Å². The van der Waals surface area contributed by atoms with Crippen LogP contribution in [0.15, 0.2) is 74.7 Å². The average molecular weight is 423 g/mol. The first kappa shape index (κ1) is 18.1. The second kappa shape index (κ2) is 7.50. The van der Waals surface area contributed by atoms with E-state index in [2.05, 4.69) is 17.5 Å². The lowest BCUT2D eigenvalue weighted by Crippen LogP contribution is -2.39. The van der Waals surface area contributed by atoms with Gasteiger partial charge in [0.05, 0.1) is 12.6 Å². The molecule has 4 aromatic rings. The summed E-state index contributed by atoms with van der Waals surface area (Å²) in [6, 6.07) is 14.6. The minimum Gasteiger partial charge on any atom is -0.454 e. The molecule has 1 amide bonds. The number of furan rings is 1. The fraction of sp³-hybridized carbons (Fsp3) is 0.182. The lowest BCUT2D eigenvalue weighted by molar-refractivity contribution is 0.0664. The second-order valence-corrected chi connectivity index (χ2v) is 8.88. The van der Waals surface area contributed by atoms with Crippen molar-refractivity contribution in [2.24, 2.45) is 0 Å². The second-order valence-electron chi connectivity index (χ2n) is 6.90. The molecule has 1 unspecified atom stereocenters. The standard InChI is InChI=1S/C22H18N2O3S2/c25-20-5-1-2-10-23(20)14-15-6-7-17(27-15)22(26)24-11-8-18-16(9-13-29-18)21(24)19-4-3-12-28-19/h1-7,9-10,12-13,21H,8,11,14H2. The lowest BCUT2D eigenvalue weighted by atomic mass is 9.98. The predicted octanol–water partition coefficient (Wildman–Crippen LogP) is 4.40. The molecular weight excluding hydrogens is 404 g/mol. The van der Waals surface area contributed by atoms with Crippen molar-refractivity contribution in [1.82, 2.24) is 9.47 Å². The summed E-state index contributed by atoms with van der Waals surface area (Å²) < 4.78 is 7.40. The number of hydrogen-bond acceptors (Lipinski definition) is 5. The first-order valence-corrected chi connectivity index (χ1v) is 11.1. The van der Waals surface area contributed by atoms with Gasteiger partial charge in [0.2, 0.25) is 0 Å². The number of fused-ring (bicyclic) bond motifs is 1. The molecule has 0 radical (unpaired) electrons. The fourth-order valence-electron chi connectivity index (χ4n) is 3.77. The fourth-order valence-corrected chi connectivity index (χ4v) is 5.53. The van der Waals surface area contributed by atoms with Crippen molar-refractivity contribution in [3.8, 4) is 0 Å². The Labute approximate surface area is 175 Å². The van der Waals surface area contributed by atoms with E-state index in [9.17, 15) is 9.59 Å². The maximum atomic E-state index is 13.3. The van der Waals surface area contributed by atoms with Gasteiger partial charge in [0.25, 0.3) is 11.5 Å². The summed E-state index contributed by atoms with van der Waals surface area (Å²) in [5.41, 5.74) is 1.11. The maximum absolute atomic E-state index is 13.3. The zero-order chi connectivity index (χ0) is 19.8. The van der Waals surface area contributed by atoms with E-state index in [0.717, 1.165) is 11.3 Å². The summed E-state index contributed by atoms with van der Waals surface area (Å²) in [5, 5.41) is 4.14. The van der Waals surface area contributed by atoms with Gasteiger partial charge in [-0.15, -0.1) is 22.7 Å². The van der Waals surface area contributed by atoms with Crippen LogP contribution in [0, 0.1) is 0 Å². The van der Waals surface area contributed by atoms with Gasteiger partial charge < -0.3 is 13.9 Å². The van der Waals surface area contributed by atoms with Crippen LogP contribution >= 0.6 is 22.7 Å². The van der Waals surface area contributed by atoms with Crippen molar-refractivity contribution in [2.45, 2.75) is 19.0 Å². The van der Waals surface area contributed by atoms with Crippen molar-refractivity contribution < 1.29 is 9.21 Å². The van der Waals surface area contributed by atoms with Gasteiger partial charge >= 0.3 is 0 Å². The Morgan fingerprint density at radius 1 is 1.07 bits per heavy atom. The number of aromatic nitrogens is 1. The lowest BCUT2D eigenvalue weighted by Gasteiger charge is -2.34. The van der Waals surface area contributed by atoms with Crippen LogP contribution in [0.25, 0.3) is 0 Å². The van der Waals surface area contributed by atoms with Crippen LogP contribution in [0.1, 0.15) is 37.7 Å². The largest absolute Gasteiger partial charge is 0.454 e. The highest BCUT2D eigenvalue weighted by Gasteiger charge is 2.35. The summed E-state index contributed by atoms with van der Waals surface area (Å²) in [5.74, 6) is 0.777.